The van der Waals surface area contributed by atoms with E-state index in [1.54, 1.807) is 4.57 Å². The van der Waals surface area contributed by atoms with Crippen molar-refractivity contribution in [1.82, 2.24) is 9.55 Å². The fourth-order valence-electron chi connectivity index (χ4n) is 1.54. The van der Waals surface area contributed by atoms with Gasteiger partial charge in [0.15, 0.2) is 5.16 Å². The summed E-state index contributed by atoms with van der Waals surface area (Å²) in [6.07, 6.45) is 1.83. The molecule has 0 atom stereocenters. The first-order valence-electron chi connectivity index (χ1n) is 4.97. The largest absolute Gasteiger partial charge is 0.492 e. The Morgan fingerprint density at radius 3 is 2.71 bits per heavy atom. The van der Waals surface area contributed by atoms with Crippen LogP contribution < -0.4 is 0 Å². The summed E-state index contributed by atoms with van der Waals surface area (Å²) in [6.45, 7) is 0.464. The zero-order valence-corrected chi connectivity index (χ0v) is 10.0. The van der Waals surface area contributed by atoms with E-state index in [-0.39, 0.29) is 11.7 Å². The number of nitroso groups, excluding NO2 is 1. The van der Waals surface area contributed by atoms with Crippen molar-refractivity contribution in [3.05, 3.63) is 40.8 Å². The van der Waals surface area contributed by atoms with E-state index < -0.39 is 0 Å². The molecule has 1 aromatic heterocycles. The van der Waals surface area contributed by atoms with Crippen LogP contribution in [0.3, 0.4) is 0 Å². The molecule has 0 aliphatic rings. The van der Waals surface area contributed by atoms with Crippen LogP contribution in [0.5, 0.6) is 5.88 Å². The standard InChI is InChI=1S/C11H11N3O2S/c1-17-11-12-9(13-16)10(15)14(11)7-8-5-3-2-4-6-8/h2-6,15H,7H2,1H3. The van der Waals surface area contributed by atoms with Gasteiger partial charge in [0.25, 0.3) is 5.82 Å². The molecule has 88 valence electrons. The minimum Gasteiger partial charge on any atom is -0.492 e. The van der Waals surface area contributed by atoms with Crippen molar-refractivity contribution in [2.75, 3.05) is 6.26 Å². The Balaban J connectivity index is 2.38. The maximum absolute atomic E-state index is 10.5. The average molecular weight is 249 g/mol. The Morgan fingerprint density at radius 1 is 1.41 bits per heavy atom. The molecule has 0 saturated carbocycles. The van der Waals surface area contributed by atoms with Gasteiger partial charge in [-0.2, -0.15) is 4.98 Å². The predicted molar refractivity (Wildman–Crippen MR) is 66.7 cm³/mol. The monoisotopic (exact) mass is 249 g/mol. The summed E-state index contributed by atoms with van der Waals surface area (Å²) in [5.41, 5.74) is 1.02. The lowest BCUT2D eigenvalue weighted by Gasteiger charge is -2.06. The summed E-state index contributed by atoms with van der Waals surface area (Å²) in [7, 11) is 0. The first-order valence-corrected chi connectivity index (χ1v) is 6.19. The van der Waals surface area contributed by atoms with E-state index in [1.807, 2.05) is 36.6 Å². The molecule has 17 heavy (non-hydrogen) atoms. The first-order chi connectivity index (χ1) is 8.26. The number of imidazole rings is 1. The van der Waals surface area contributed by atoms with E-state index in [0.29, 0.717) is 11.7 Å². The van der Waals surface area contributed by atoms with Crippen LogP contribution in [0.15, 0.2) is 40.7 Å². The highest BCUT2D eigenvalue weighted by atomic mass is 32.2. The maximum Gasteiger partial charge on any atom is 0.259 e. The average Bonchev–Trinajstić information content (AvgIpc) is 2.68. The number of hydrogen-bond donors (Lipinski definition) is 1. The Hall–Kier alpha value is -1.82. The Kier molecular flexibility index (Phi) is 3.43. The van der Waals surface area contributed by atoms with Gasteiger partial charge in [-0.15, -0.1) is 4.91 Å². The molecule has 0 aliphatic carbocycles. The highest BCUT2D eigenvalue weighted by Gasteiger charge is 2.16. The van der Waals surface area contributed by atoms with Gasteiger partial charge in [0, 0.05) is 0 Å². The molecule has 0 spiro atoms. The molecule has 0 bridgehead atoms. The Bertz CT molecular complexity index is 525. The van der Waals surface area contributed by atoms with Gasteiger partial charge in [-0.05, 0) is 17.0 Å². The number of hydrogen-bond acceptors (Lipinski definition) is 5. The molecule has 0 radical (unpaired) electrons. The third-order valence-corrected chi connectivity index (χ3v) is 3.02. The molecule has 6 heteroatoms. The van der Waals surface area contributed by atoms with Gasteiger partial charge in [0.2, 0.25) is 5.88 Å². The lowest BCUT2D eigenvalue weighted by molar-refractivity contribution is 0.417. The molecule has 2 aromatic rings. The van der Waals surface area contributed by atoms with Crippen LogP contribution in [0, 0.1) is 4.91 Å². The van der Waals surface area contributed by atoms with Crippen molar-refractivity contribution in [1.29, 1.82) is 0 Å². The molecule has 5 nitrogen and oxygen atoms in total. The van der Waals surface area contributed by atoms with Gasteiger partial charge in [-0.1, -0.05) is 42.1 Å². The number of aromatic nitrogens is 2. The van der Waals surface area contributed by atoms with Crippen molar-refractivity contribution in [2.45, 2.75) is 11.7 Å². The van der Waals surface area contributed by atoms with Gasteiger partial charge >= 0.3 is 0 Å². The lowest BCUT2D eigenvalue weighted by Crippen LogP contribution is -2.00. The molecule has 1 heterocycles. The van der Waals surface area contributed by atoms with Crippen LogP contribution in [0.25, 0.3) is 0 Å². The number of rotatable bonds is 4. The molecule has 0 fully saturated rings. The number of nitrogens with zero attached hydrogens (tertiary/aromatic N) is 3. The molecule has 0 unspecified atom stereocenters. The van der Waals surface area contributed by atoms with Crippen LogP contribution in [-0.4, -0.2) is 20.9 Å². The van der Waals surface area contributed by atoms with E-state index in [9.17, 15) is 10.0 Å². The minimum absolute atomic E-state index is 0.162. The van der Waals surface area contributed by atoms with Crippen molar-refractivity contribution >= 4 is 17.6 Å². The predicted octanol–water partition coefficient (Wildman–Crippen LogP) is 2.76. The van der Waals surface area contributed by atoms with Crippen molar-refractivity contribution in [3.63, 3.8) is 0 Å². The third-order valence-electron chi connectivity index (χ3n) is 2.34. The number of benzene rings is 1. The summed E-state index contributed by atoms with van der Waals surface area (Å²) in [6, 6.07) is 9.64. The van der Waals surface area contributed by atoms with E-state index in [0.717, 1.165) is 5.56 Å². The van der Waals surface area contributed by atoms with E-state index >= 15 is 0 Å². The zero-order chi connectivity index (χ0) is 12.3. The second-order valence-corrected chi connectivity index (χ2v) is 4.18. The molecule has 1 aromatic carbocycles. The highest BCUT2D eigenvalue weighted by molar-refractivity contribution is 7.98. The fraction of sp³-hybridized carbons (Fsp3) is 0.182. The quantitative estimate of drug-likeness (QED) is 0.668. The second-order valence-electron chi connectivity index (χ2n) is 3.41. The Labute approximate surface area is 102 Å². The molecule has 0 amide bonds. The van der Waals surface area contributed by atoms with Gasteiger partial charge in [-0.3, -0.25) is 4.57 Å². The molecule has 1 N–H and O–H groups in total. The van der Waals surface area contributed by atoms with Crippen LogP contribution >= 0.6 is 11.8 Å². The molecule has 0 aliphatic heterocycles. The van der Waals surface area contributed by atoms with E-state index in [2.05, 4.69) is 10.2 Å². The molecular formula is C11H11N3O2S. The van der Waals surface area contributed by atoms with Crippen LogP contribution in [0.4, 0.5) is 5.82 Å². The summed E-state index contributed by atoms with van der Waals surface area (Å²) >= 11 is 1.36. The normalized spacial score (nSPS) is 10.4. The minimum atomic E-state index is -0.187. The van der Waals surface area contributed by atoms with Crippen LogP contribution in [0.1, 0.15) is 5.56 Å². The number of aromatic hydroxyl groups is 1. The van der Waals surface area contributed by atoms with Crippen LogP contribution in [0.2, 0.25) is 0 Å². The summed E-state index contributed by atoms with van der Waals surface area (Å²) in [5, 5.41) is 13.1. The molecule has 2 rings (SSSR count). The summed E-state index contributed by atoms with van der Waals surface area (Å²) < 4.78 is 1.57. The van der Waals surface area contributed by atoms with E-state index in [4.69, 9.17) is 0 Å². The Morgan fingerprint density at radius 2 is 2.12 bits per heavy atom. The second kappa shape index (κ2) is 5.01. The van der Waals surface area contributed by atoms with Gasteiger partial charge in [-0.25, -0.2) is 0 Å². The van der Waals surface area contributed by atoms with Gasteiger partial charge in [0.1, 0.15) is 0 Å². The van der Waals surface area contributed by atoms with Crippen LogP contribution in [-0.2, 0) is 6.54 Å². The maximum atomic E-state index is 10.5. The van der Waals surface area contributed by atoms with Crippen molar-refractivity contribution in [3.8, 4) is 5.88 Å². The summed E-state index contributed by atoms with van der Waals surface area (Å²) in [5.74, 6) is -0.349. The number of thioether (sulfide) groups is 1. The summed E-state index contributed by atoms with van der Waals surface area (Å²) in [4.78, 5) is 14.4. The van der Waals surface area contributed by atoms with Gasteiger partial charge < -0.3 is 5.11 Å². The fourth-order valence-corrected chi connectivity index (χ4v) is 2.09. The zero-order valence-electron chi connectivity index (χ0n) is 9.20. The van der Waals surface area contributed by atoms with Crippen molar-refractivity contribution in [2.24, 2.45) is 5.18 Å². The lowest BCUT2D eigenvalue weighted by atomic mass is 10.2. The highest BCUT2D eigenvalue weighted by Crippen LogP contribution is 2.31. The van der Waals surface area contributed by atoms with Gasteiger partial charge in [0.05, 0.1) is 6.54 Å². The van der Waals surface area contributed by atoms with Crippen molar-refractivity contribution < 1.29 is 5.11 Å². The SMILES string of the molecule is CSc1nc(N=O)c(O)n1Cc1ccccc1. The topological polar surface area (TPSA) is 67.5 Å². The van der Waals surface area contributed by atoms with E-state index in [1.165, 1.54) is 11.8 Å². The third kappa shape index (κ3) is 2.31. The molecule has 0 saturated heterocycles. The first kappa shape index (κ1) is 11.7. The smallest absolute Gasteiger partial charge is 0.259 e. The molecular weight excluding hydrogens is 238 g/mol.